The number of hydrogen-bond acceptors (Lipinski definition) is 4. The molecule has 25 heavy (non-hydrogen) atoms. The molecule has 0 radical (unpaired) electrons. The van der Waals surface area contributed by atoms with Crippen molar-refractivity contribution in [2.24, 2.45) is 0 Å². The fourth-order valence-corrected chi connectivity index (χ4v) is 5.55. The minimum atomic E-state index is -3.39. The van der Waals surface area contributed by atoms with Crippen molar-refractivity contribution in [2.45, 2.75) is 44.6 Å². The first-order chi connectivity index (χ1) is 11.8. The number of hydrogen-bond donors (Lipinski definition) is 1. The maximum Gasteiger partial charge on any atom is 0.211 e. The number of benzene rings is 1. The molecule has 0 heterocycles. The lowest BCUT2D eigenvalue weighted by atomic mass is 10.1. The number of nitrogens with zero attached hydrogens (tertiary/aromatic N) is 1. The van der Waals surface area contributed by atoms with Crippen LogP contribution in [0.15, 0.2) is 30.3 Å². The zero-order valence-electron chi connectivity index (χ0n) is 14.7. The molecule has 0 amide bonds. The highest BCUT2D eigenvalue weighted by atomic mass is 32.2. The lowest BCUT2D eigenvalue weighted by Gasteiger charge is -2.26. The monoisotopic (exact) mass is 388 g/mol. The van der Waals surface area contributed by atoms with Crippen LogP contribution in [-0.2, 0) is 26.5 Å². The van der Waals surface area contributed by atoms with E-state index in [0.29, 0.717) is 12.8 Å². The minimum Gasteiger partial charge on any atom is -0.214 e. The van der Waals surface area contributed by atoms with Gasteiger partial charge >= 0.3 is 0 Å². The van der Waals surface area contributed by atoms with Crippen LogP contribution in [0.5, 0.6) is 0 Å². The molecule has 8 heteroatoms. The van der Waals surface area contributed by atoms with Gasteiger partial charge < -0.3 is 0 Å². The Bertz CT molecular complexity index is 727. The topological polar surface area (TPSA) is 83.6 Å². The molecule has 1 aliphatic rings. The van der Waals surface area contributed by atoms with Crippen LogP contribution < -0.4 is 4.72 Å². The summed E-state index contributed by atoms with van der Waals surface area (Å²) in [5.41, 5.74) is 1.11. The molecule has 0 saturated heterocycles. The molecular formula is C17H28N2O4S2. The maximum atomic E-state index is 12.1. The quantitative estimate of drug-likeness (QED) is 0.662. The van der Waals surface area contributed by atoms with Crippen molar-refractivity contribution in [3.63, 3.8) is 0 Å². The summed E-state index contributed by atoms with van der Waals surface area (Å²) in [6.45, 7) is 0.318. The fourth-order valence-electron chi connectivity index (χ4n) is 3.31. The molecule has 1 N–H and O–H groups in total. The second kappa shape index (κ2) is 9.12. The summed E-state index contributed by atoms with van der Waals surface area (Å²) in [4.78, 5) is 0. The Kier molecular flexibility index (Phi) is 7.42. The van der Waals surface area contributed by atoms with Crippen molar-refractivity contribution in [2.75, 3.05) is 25.1 Å². The summed E-state index contributed by atoms with van der Waals surface area (Å²) in [5, 5.41) is 0. The van der Waals surface area contributed by atoms with Crippen LogP contribution in [0.25, 0.3) is 0 Å². The molecule has 0 atom stereocenters. The third-order valence-corrected chi connectivity index (χ3v) is 7.34. The first kappa shape index (κ1) is 20.4. The highest BCUT2D eigenvalue weighted by Gasteiger charge is 2.29. The van der Waals surface area contributed by atoms with Crippen LogP contribution in [0, 0.1) is 0 Å². The molecule has 142 valence electrons. The molecule has 1 aromatic carbocycles. The Morgan fingerprint density at radius 3 is 2.32 bits per heavy atom. The van der Waals surface area contributed by atoms with Gasteiger partial charge in [0.05, 0.1) is 12.0 Å². The molecule has 0 aromatic heterocycles. The first-order valence-corrected chi connectivity index (χ1v) is 12.3. The standard InChI is InChI=1S/C17H28N2O4S2/c1-24(20,21)19(17-11-5-6-12-17)14-13-18-25(22,23)15-7-10-16-8-3-2-4-9-16/h2-4,8-9,17-18H,5-7,10-15H2,1H3. The molecule has 6 nitrogen and oxygen atoms in total. The largest absolute Gasteiger partial charge is 0.214 e. The molecule has 0 spiro atoms. The predicted octanol–water partition coefficient (Wildman–Crippen LogP) is 1.74. The van der Waals surface area contributed by atoms with Crippen LogP contribution in [0.1, 0.15) is 37.7 Å². The molecule has 1 saturated carbocycles. The smallest absolute Gasteiger partial charge is 0.211 e. The molecular weight excluding hydrogens is 360 g/mol. The van der Waals surface area contributed by atoms with Crippen LogP contribution in [0.3, 0.4) is 0 Å². The van der Waals surface area contributed by atoms with Crippen LogP contribution in [-0.4, -0.2) is 52.3 Å². The summed E-state index contributed by atoms with van der Waals surface area (Å²) >= 11 is 0. The number of rotatable bonds is 10. The van der Waals surface area contributed by atoms with E-state index in [0.717, 1.165) is 31.2 Å². The van der Waals surface area contributed by atoms with E-state index in [9.17, 15) is 16.8 Å². The third kappa shape index (κ3) is 7.05. The van der Waals surface area contributed by atoms with Crippen LogP contribution in [0.4, 0.5) is 0 Å². The van der Waals surface area contributed by atoms with E-state index >= 15 is 0 Å². The van der Waals surface area contributed by atoms with Gasteiger partial charge in [-0.3, -0.25) is 0 Å². The molecule has 1 aliphatic carbocycles. The average Bonchev–Trinajstić information content (AvgIpc) is 3.05. The lowest BCUT2D eigenvalue weighted by Crippen LogP contribution is -2.43. The van der Waals surface area contributed by atoms with E-state index in [2.05, 4.69) is 4.72 Å². The van der Waals surface area contributed by atoms with Crippen LogP contribution >= 0.6 is 0 Å². The molecule has 0 aliphatic heterocycles. The van der Waals surface area contributed by atoms with Gasteiger partial charge in [0, 0.05) is 19.1 Å². The summed E-state index contributed by atoms with van der Waals surface area (Å²) in [6.07, 6.45) is 6.22. The van der Waals surface area contributed by atoms with Gasteiger partial charge in [-0.2, -0.15) is 4.31 Å². The van der Waals surface area contributed by atoms with E-state index in [1.54, 1.807) is 0 Å². The molecule has 0 unspecified atom stereocenters. The molecule has 0 bridgehead atoms. The van der Waals surface area contributed by atoms with Crippen molar-refractivity contribution >= 4 is 20.0 Å². The zero-order chi connectivity index (χ0) is 18.3. The summed E-state index contributed by atoms with van der Waals surface area (Å²) < 4.78 is 52.1. The Morgan fingerprint density at radius 2 is 1.72 bits per heavy atom. The van der Waals surface area contributed by atoms with Crippen molar-refractivity contribution in [1.82, 2.24) is 9.03 Å². The van der Waals surface area contributed by atoms with E-state index < -0.39 is 20.0 Å². The number of nitrogens with one attached hydrogen (secondary N) is 1. The van der Waals surface area contributed by atoms with Gasteiger partial charge in [-0.05, 0) is 31.2 Å². The van der Waals surface area contributed by atoms with E-state index in [4.69, 9.17) is 0 Å². The summed E-state index contributed by atoms with van der Waals surface area (Å²) in [5.74, 6) is 0.0458. The van der Waals surface area contributed by atoms with Gasteiger partial charge in [0.2, 0.25) is 20.0 Å². The minimum absolute atomic E-state index is 0.0117. The molecule has 1 aromatic rings. The first-order valence-electron chi connectivity index (χ1n) is 8.76. The van der Waals surface area contributed by atoms with E-state index in [1.807, 2.05) is 30.3 Å². The summed E-state index contributed by atoms with van der Waals surface area (Å²) in [6, 6.07) is 9.77. The Labute approximate surface area is 151 Å². The van der Waals surface area contributed by atoms with E-state index in [1.165, 1.54) is 10.6 Å². The van der Waals surface area contributed by atoms with Crippen LogP contribution in [0.2, 0.25) is 0 Å². The fraction of sp³-hybridized carbons (Fsp3) is 0.647. The van der Waals surface area contributed by atoms with Gasteiger partial charge in [-0.15, -0.1) is 0 Å². The van der Waals surface area contributed by atoms with E-state index in [-0.39, 0.29) is 24.9 Å². The summed E-state index contributed by atoms with van der Waals surface area (Å²) in [7, 11) is -6.71. The highest BCUT2D eigenvalue weighted by Crippen LogP contribution is 2.24. The van der Waals surface area contributed by atoms with Crippen molar-refractivity contribution < 1.29 is 16.8 Å². The Hall–Kier alpha value is -0.960. The number of aryl methyl sites for hydroxylation is 1. The second-order valence-corrected chi connectivity index (χ2v) is 10.5. The SMILES string of the molecule is CS(=O)(=O)N(CCNS(=O)(=O)CCCc1ccccc1)C1CCCC1. The molecule has 1 fully saturated rings. The van der Waals surface area contributed by atoms with Crippen molar-refractivity contribution in [3.05, 3.63) is 35.9 Å². The Balaban J connectivity index is 1.78. The zero-order valence-corrected chi connectivity index (χ0v) is 16.4. The average molecular weight is 389 g/mol. The van der Waals surface area contributed by atoms with Gasteiger partial charge in [0.15, 0.2) is 0 Å². The highest BCUT2D eigenvalue weighted by molar-refractivity contribution is 7.89. The van der Waals surface area contributed by atoms with Gasteiger partial charge in [0.25, 0.3) is 0 Å². The second-order valence-electron chi connectivity index (χ2n) is 6.61. The van der Waals surface area contributed by atoms with Crippen molar-refractivity contribution in [1.29, 1.82) is 0 Å². The third-order valence-electron chi connectivity index (χ3n) is 4.53. The normalized spacial score (nSPS) is 16.6. The molecule has 2 rings (SSSR count). The van der Waals surface area contributed by atoms with Gasteiger partial charge in [0.1, 0.15) is 0 Å². The lowest BCUT2D eigenvalue weighted by molar-refractivity contribution is 0.328. The maximum absolute atomic E-state index is 12.1. The Morgan fingerprint density at radius 1 is 1.08 bits per heavy atom. The van der Waals surface area contributed by atoms with Gasteiger partial charge in [-0.1, -0.05) is 43.2 Å². The number of sulfonamides is 2. The predicted molar refractivity (Wildman–Crippen MR) is 100 cm³/mol. The van der Waals surface area contributed by atoms with Crippen molar-refractivity contribution in [3.8, 4) is 0 Å². The van der Waals surface area contributed by atoms with Gasteiger partial charge in [-0.25, -0.2) is 21.6 Å².